The molecular formula is C11H18ClNO2. The zero-order valence-electron chi connectivity index (χ0n) is 8.97. The summed E-state index contributed by atoms with van der Waals surface area (Å²) in [6.07, 6.45) is 0.836. The molecule has 0 spiro atoms. The van der Waals surface area contributed by atoms with E-state index >= 15 is 0 Å². The average molecular weight is 232 g/mol. The van der Waals surface area contributed by atoms with E-state index in [4.69, 9.17) is 5.73 Å². The number of benzene rings is 1. The second kappa shape index (κ2) is 5.83. The fourth-order valence-electron chi connectivity index (χ4n) is 1.48. The van der Waals surface area contributed by atoms with Gasteiger partial charge in [-0.1, -0.05) is 13.8 Å². The fourth-order valence-corrected chi connectivity index (χ4v) is 1.48. The van der Waals surface area contributed by atoms with Crippen molar-refractivity contribution >= 4 is 12.4 Å². The number of aromatic hydroxyl groups is 2. The van der Waals surface area contributed by atoms with Crippen LogP contribution in [0.5, 0.6) is 11.5 Å². The van der Waals surface area contributed by atoms with Gasteiger partial charge in [0, 0.05) is 12.1 Å². The van der Waals surface area contributed by atoms with Gasteiger partial charge in [-0.25, -0.2) is 0 Å². The molecule has 0 aliphatic carbocycles. The number of halogens is 1. The van der Waals surface area contributed by atoms with Gasteiger partial charge >= 0.3 is 0 Å². The van der Waals surface area contributed by atoms with Crippen molar-refractivity contribution in [2.45, 2.75) is 26.3 Å². The minimum atomic E-state index is -0.131. The van der Waals surface area contributed by atoms with Gasteiger partial charge in [-0.2, -0.15) is 0 Å². The summed E-state index contributed by atoms with van der Waals surface area (Å²) in [5.74, 6) is 0.605. The van der Waals surface area contributed by atoms with Crippen LogP contribution in [0.3, 0.4) is 0 Å². The lowest BCUT2D eigenvalue weighted by atomic mass is 9.97. The van der Waals surface area contributed by atoms with E-state index < -0.39 is 0 Å². The summed E-state index contributed by atoms with van der Waals surface area (Å²) in [4.78, 5) is 0. The third-order valence-electron chi connectivity index (χ3n) is 2.08. The third-order valence-corrected chi connectivity index (χ3v) is 2.08. The molecular weight excluding hydrogens is 214 g/mol. The normalized spacial score (nSPS) is 12.3. The molecule has 4 heteroatoms. The van der Waals surface area contributed by atoms with Crippen LogP contribution in [-0.4, -0.2) is 10.2 Å². The van der Waals surface area contributed by atoms with Crippen molar-refractivity contribution in [3.63, 3.8) is 0 Å². The highest BCUT2D eigenvalue weighted by molar-refractivity contribution is 5.85. The standard InChI is InChI=1S/C11H17NO2.ClH/c1-7(2)3-11(12)8-4-9(13)6-10(14)5-8;/h4-7,11,13-14H,3,12H2,1-2H3;1H/t11-;/m0./s1. The highest BCUT2D eigenvalue weighted by atomic mass is 35.5. The molecule has 1 aromatic rings. The number of nitrogens with two attached hydrogens (primary N) is 1. The summed E-state index contributed by atoms with van der Waals surface area (Å²) in [6, 6.07) is 4.35. The first-order valence-electron chi connectivity index (χ1n) is 4.77. The third kappa shape index (κ3) is 4.40. The Hall–Kier alpha value is -0.930. The lowest BCUT2D eigenvalue weighted by Crippen LogP contribution is -2.12. The molecule has 0 saturated carbocycles. The van der Waals surface area contributed by atoms with Crippen molar-refractivity contribution in [2.75, 3.05) is 0 Å². The Morgan fingerprint density at radius 3 is 2.00 bits per heavy atom. The van der Waals surface area contributed by atoms with Crippen LogP contribution in [0, 0.1) is 5.92 Å². The van der Waals surface area contributed by atoms with Crippen LogP contribution in [0.15, 0.2) is 18.2 Å². The average Bonchev–Trinajstić information content (AvgIpc) is 2.00. The van der Waals surface area contributed by atoms with E-state index in [9.17, 15) is 10.2 Å². The predicted molar refractivity (Wildman–Crippen MR) is 63.4 cm³/mol. The minimum absolute atomic E-state index is 0. The lowest BCUT2D eigenvalue weighted by molar-refractivity contribution is 0.444. The van der Waals surface area contributed by atoms with E-state index in [1.807, 2.05) is 0 Å². The molecule has 0 unspecified atom stereocenters. The molecule has 0 radical (unpaired) electrons. The first-order chi connectivity index (χ1) is 6.49. The molecule has 4 N–H and O–H groups in total. The molecule has 1 rings (SSSR count). The van der Waals surface area contributed by atoms with Gasteiger partial charge in [0.25, 0.3) is 0 Å². The minimum Gasteiger partial charge on any atom is -0.508 e. The summed E-state index contributed by atoms with van der Waals surface area (Å²) in [7, 11) is 0. The lowest BCUT2D eigenvalue weighted by Gasteiger charge is -2.14. The van der Waals surface area contributed by atoms with Crippen molar-refractivity contribution in [2.24, 2.45) is 11.7 Å². The van der Waals surface area contributed by atoms with Gasteiger partial charge < -0.3 is 15.9 Å². The second-order valence-electron chi connectivity index (χ2n) is 4.02. The molecule has 15 heavy (non-hydrogen) atoms. The maximum absolute atomic E-state index is 9.26. The topological polar surface area (TPSA) is 66.5 Å². The van der Waals surface area contributed by atoms with Gasteiger partial charge in [0.2, 0.25) is 0 Å². The van der Waals surface area contributed by atoms with Crippen LogP contribution in [0.25, 0.3) is 0 Å². The van der Waals surface area contributed by atoms with Gasteiger partial charge in [-0.15, -0.1) is 12.4 Å². The SMILES string of the molecule is CC(C)C[C@H](N)c1cc(O)cc(O)c1.Cl. The number of phenols is 2. The highest BCUT2D eigenvalue weighted by Crippen LogP contribution is 2.26. The van der Waals surface area contributed by atoms with E-state index in [0.29, 0.717) is 5.92 Å². The van der Waals surface area contributed by atoms with Gasteiger partial charge in [-0.05, 0) is 30.0 Å². The molecule has 0 heterocycles. The zero-order valence-corrected chi connectivity index (χ0v) is 9.79. The maximum atomic E-state index is 9.26. The molecule has 0 aromatic heterocycles. The molecule has 0 bridgehead atoms. The van der Waals surface area contributed by atoms with Gasteiger partial charge in [0.15, 0.2) is 0 Å². The Labute approximate surface area is 96.3 Å². The molecule has 0 aliphatic heterocycles. The number of hydrogen-bond acceptors (Lipinski definition) is 3. The Balaban J connectivity index is 0.00000196. The smallest absolute Gasteiger partial charge is 0.119 e. The van der Waals surface area contributed by atoms with Crippen LogP contribution in [0.4, 0.5) is 0 Å². The van der Waals surface area contributed by atoms with Gasteiger partial charge in [-0.3, -0.25) is 0 Å². The Morgan fingerprint density at radius 1 is 1.13 bits per heavy atom. The maximum Gasteiger partial charge on any atom is 0.119 e. The first-order valence-corrected chi connectivity index (χ1v) is 4.77. The van der Waals surface area contributed by atoms with E-state index in [-0.39, 0.29) is 29.9 Å². The van der Waals surface area contributed by atoms with E-state index in [1.165, 1.54) is 6.07 Å². The molecule has 1 aromatic carbocycles. The molecule has 3 nitrogen and oxygen atoms in total. The summed E-state index contributed by atoms with van der Waals surface area (Å²) in [5, 5.41) is 18.5. The Bertz CT molecular complexity index is 295. The van der Waals surface area contributed by atoms with Crippen LogP contribution >= 0.6 is 12.4 Å². The molecule has 0 aliphatic rings. The van der Waals surface area contributed by atoms with Crippen molar-refractivity contribution in [1.82, 2.24) is 0 Å². The van der Waals surface area contributed by atoms with Crippen molar-refractivity contribution in [3.8, 4) is 11.5 Å². The van der Waals surface area contributed by atoms with E-state index in [0.717, 1.165) is 12.0 Å². The fraction of sp³-hybridized carbons (Fsp3) is 0.455. The summed E-state index contributed by atoms with van der Waals surface area (Å²) < 4.78 is 0. The van der Waals surface area contributed by atoms with E-state index in [2.05, 4.69) is 13.8 Å². The molecule has 0 fully saturated rings. The predicted octanol–water partition coefficient (Wildman–Crippen LogP) is 2.57. The van der Waals surface area contributed by atoms with Crippen molar-refractivity contribution < 1.29 is 10.2 Å². The van der Waals surface area contributed by atoms with Crippen molar-refractivity contribution in [1.29, 1.82) is 0 Å². The summed E-state index contributed by atoms with van der Waals surface area (Å²) in [6.45, 7) is 4.17. The largest absolute Gasteiger partial charge is 0.508 e. The summed E-state index contributed by atoms with van der Waals surface area (Å²) in [5.41, 5.74) is 6.69. The highest BCUT2D eigenvalue weighted by Gasteiger charge is 2.10. The molecule has 0 amide bonds. The molecule has 0 saturated heterocycles. The van der Waals surface area contributed by atoms with Gasteiger partial charge in [0.05, 0.1) is 0 Å². The molecule has 1 atom stereocenters. The van der Waals surface area contributed by atoms with Crippen LogP contribution in [0.1, 0.15) is 31.9 Å². The van der Waals surface area contributed by atoms with E-state index in [1.54, 1.807) is 12.1 Å². The number of hydrogen-bond donors (Lipinski definition) is 3. The monoisotopic (exact) mass is 231 g/mol. The Morgan fingerprint density at radius 2 is 1.60 bits per heavy atom. The van der Waals surface area contributed by atoms with Crippen LogP contribution in [-0.2, 0) is 0 Å². The second-order valence-corrected chi connectivity index (χ2v) is 4.02. The van der Waals surface area contributed by atoms with Gasteiger partial charge in [0.1, 0.15) is 11.5 Å². The van der Waals surface area contributed by atoms with Crippen LogP contribution < -0.4 is 5.73 Å². The summed E-state index contributed by atoms with van der Waals surface area (Å²) >= 11 is 0. The zero-order chi connectivity index (χ0) is 10.7. The number of rotatable bonds is 3. The Kier molecular flexibility index (Phi) is 5.47. The van der Waals surface area contributed by atoms with Crippen LogP contribution in [0.2, 0.25) is 0 Å². The first kappa shape index (κ1) is 14.1. The molecule has 86 valence electrons. The number of phenolic OH excluding ortho intramolecular Hbond substituents is 2. The van der Waals surface area contributed by atoms with Crippen molar-refractivity contribution in [3.05, 3.63) is 23.8 Å². The quantitative estimate of drug-likeness (QED) is 0.749.